The van der Waals surface area contributed by atoms with Crippen molar-refractivity contribution in [2.45, 2.75) is 78.7 Å². The summed E-state index contributed by atoms with van der Waals surface area (Å²) in [7, 11) is 3.56. The molecule has 0 aliphatic heterocycles. The summed E-state index contributed by atoms with van der Waals surface area (Å²) < 4.78 is 11.0. The summed E-state index contributed by atoms with van der Waals surface area (Å²) in [6.07, 6.45) is 9.00. The van der Waals surface area contributed by atoms with E-state index in [1.54, 1.807) is 7.11 Å². The summed E-state index contributed by atoms with van der Waals surface area (Å²) in [5, 5.41) is 0. The SMILES string of the molecule is C1CCCCC1.COCC(C)C(OC)(C(C)C)C(C)C. The van der Waals surface area contributed by atoms with Crippen molar-refractivity contribution in [2.75, 3.05) is 20.8 Å². The first-order valence-corrected chi connectivity index (χ1v) is 8.47. The molecule has 0 saturated heterocycles. The first-order chi connectivity index (χ1) is 9.43. The summed E-state index contributed by atoms with van der Waals surface area (Å²) >= 11 is 0. The Labute approximate surface area is 127 Å². The van der Waals surface area contributed by atoms with Crippen LogP contribution >= 0.6 is 0 Å². The first kappa shape index (κ1) is 19.9. The van der Waals surface area contributed by atoms with E-state index in [0.717, 1.165) is 6.61 Å². The van der Waals surface area contributed by atoms with Gasteiger partial charge in [-0.3, -0.25) is 0 Å². The topological polar surface area (TPSA) is 18.5 Å². The number of hydrogen-bond donors (Lipinski definition) is 0. The fourth-order valence-corrected chi connectivity index (χ4v) is 3.92. The van der Waals surface area contributed by atoms with E-state index in [9.17, 15) is 0 Å². The van der Waals surface area contributed by atoms with Crippen molar-refractivity contribution in [3.63, 3.8) is 0 Å². The van der Waals surface area contributed by atoms with Crippen LogP contribution in [0, 0.1) is 17.8 Å². The summed E-state index contributed by atoms with van der Waals surface area (Å²) in [5.41, 5.74) is -0.0734. The van der Waals surface area contributed by atoms with Gasteiger partial charge in [0.1, 0.15) is 0 Å². The molecular formula is C18H38O2. The van der Waals surface area contributed by atoms with Crippen LogP contribution in [-0.2, 0) is 9.47 Å². The lowest BCUT2D eigenvalue weighted by molar-refractivity contribution is -0.134. The van der Waals surface area contributed by atoms with E-state index in [4.69, 9.17) is 9.47 Å². The molecule has 0 bridgehead atoms. The summed E-state index contributed by atoms with van der Waals surface area (Å²) in [4.78, 5) is 0. The second-order valence-electron chi connectivity index (χ2n) is 6.84. The quantitative estimate of drug-likeness (QED) is 0.659. The fraction of sp³-hybridized carbons (Fsp3) is 1.00. The van der Waals surface area contributed by atoms with E-state index in [1.807, 2.05) is 7.11 Å². The number of hydrogen-bond acceptors (Lipinski definition) is 2. The van der Waals surface area contributed by atoms with Crippen molar-refractivity contribution in [3.05, 3.63) is 0 Å². The minimum absolute atomic E-state index is 0.0734. The second-order valence-corrected chi connectivity index (χ2v) is 6.84. The lowest BCUT2D eigenvalue weighted by atomic mass is 9.72. The molecule has 1 aliphatic carbocycles. The van der Waals surface area contributed by atoms with Gasteiger partial charge in [0.15, 0.2) is 0 Å². The van der Waals surface area contributed by atoms with Gasteiger partial charge in [0.25, 0.3) is 0 Å². The zero-order chi connectivity index (χ0) is 15.6. The maximum Gasteiger partial charge on any atom is 0.0771 e. The van der Waals surface area contributed by atoms with Crippen molar-refractivity contribution < 1.29 is 9.47 Å². The molecule has 0 aromatic carbocycles. The summed E-state index contributed by atoms with van der Waals surface area (Å²) in [6, 6.07) is 0. The summed E-state index contributed by atoms with van der Waals surface area (Å²) in [5.74, 6) is 1.41. The first-order valence-electron chi connectivity index (χ1n) is 8.47. The van der Waals surface area contributed by atoms with Crippen molar-refractivity contribution in [1.82, 2.24) is 0 Å². The van der Waals surface area contributed by atoms with Crippen LogP contribution in [0.3, 0.4) is 0 Å². The van der Waals surface area contributed by atoms with Crippen molar-refractivity contribution >= 4 is 0 Å². The minimum Gasteiger partial charge on any atom is -0.384 e. The van der Waals surface area contributed by atoms with Gasteiger partial charge in [0.2, 0.25) is 0 Å². The van der Waals surface area contributed by atoms with Gasteiger partial charge >= 0.3 is 0 Å². The molecule has 1 aliphatic rings. The third-order valence-corrected chi connectivity index (χ3v) is 4.85. The molecule has 2 nitrogen and oxygen atoms in total. The molecular weight excluding hydrogens is 248 g/mol. The highest BCUT2D eigenvalue weighted by atomic mass is 16.5. The number of methoxy groups -OCH3 is 2. The highest BCUT2D eigenvalue weighted by Gasteiger charge is 2.42. The van der Waals surface area contributed by atoms with E-state index in [1.165, 1.54) is 38.5 Å². The average molecular weight is 286 g/mol. The van der Waals surface area contributed by atoms with Crippen molar-refractivity contribution in [2.24, 2.45) is 17.8 Å². The van der Waals surface area contributed by atoms with Crippen LogP contribution < -0.4 is 0 Å². The van der Waals surface area contributed by atoms with E-state index in [2.05, 4.69) is 34.6 Å². The zero-order valence-corrected chi connectivity index (χ0v) is 15.0. The predicted molar refractivity (Wildman–Crippen MR) is 88.2 cm³/mol. The molecule has 122 valence electrons. The highest BCUT2D eigenvalue weighted by Crippen LogP contribution is 2.37. The minimum atomic E-state index is -0.0734. The molecule has 0 amide bonds. The van der Waals surface area contributed by atoms with Crippen LogP contribution in [-0.4, -0.2) is 26.4 Å². The smallest absolute Gasteiger partial charge is 0.0771 e. The van der Waals surface area contributed by atoms with Crippen LogP contribution in [0.2, 0.25) is 0 Å². The van der Waals surface area contributed by atoms with Crippen LogP contribution in [0.5, 0.6) is 0 Å². The fourth-order valence-electron chi connectivity index (χ4n) is 3.92. The summed E-state index contributed by atoms with van der Waals surface area (Å²) in [6.45, 7) is 11.8. The van der Waals surface area contributed by atoms with Gasteiger partial charge in [-0.25, -0.2) is 0 Å². The standard InChI is InChI=1S/C12H26O2.C6H12/c1-9(2)12(14-7,10(3)4)11(5)8-13-6;1-2-4-6-5-3-1/h9-11H,8H2,1-7H3;1-6H2. The zero-order valence-electron chi connectivity index (χ0n) is 15.0. The van der Waals surface area contributed by atoms with E-state index in [-0.39, 0.29) is 5.60 Å². The third kappa shape index (κ3) is 5.73. The molecule has 1 atom stereocenters. The van der Waals surface area contributed by atoms with Crippen molar-refractivity contribution in [1.29, 1.82) is 0 Å². The lowest BCUT2D eigenvalue weighted by Crippen LogP contribution is -2.50. The van der Waals surface area contributed by atoms with E-state index >= 15 is 0 Å². The van der Waals surface area contributed by atoms with Gasteiger partial charge in [0.05, 0.1) is 12.2 Å². The van der Waals surface area contributed by atoms with Gasteiger partial charge < -0.3 is 9.47 Å². The van der Waals surface area contributed by atoms with Gasteiger partial charge in [-0.05, 0) is 11.8 Å². The van der Waals surface area contributed by atoms with Gasteiger partial charge in [-0.1, -0.05) is 73.1 Å². The Morgan fingerprint density at radius 2 is 1.10 bits per heavy atom. The molecule has 0 aromatic rings. The molecule has 20 heavy (non-hydrogen) atoms. The second kappa shape index (κ2) is 10.6. The van der Waals surface area contributed by atoms with Crippen LogP contribution in [0.4, 0.5) is 0 Å². The Balaban J connectivity index is 0.000000493. The monoisotopic (exact) mass is 286 g/mol. The van der Waals surface area contributed by atoms with Gasteiger partial charge in [-0.15, -0.1) is 0 Å². The number of ether oxygens (including phenoxy) is 2. The van der Waals surface area contributed by atoms with Crippen LogP contribution in [0.25, 0.3) is 0 Å². The molecule has 2 heteroatoms. The van der Waals surface area contributed by atoms with Gasteiger partial charge in [-0.2, -0.15) is 0 Å². The molecule has 1 unspecified atom stereocenters. The normalized spacial score (nSPS) is 17.9. The molecule has 0 aromatic heterocycles. The van der Waals surface area contributed by atoms with Gasteiger partial charge in [0, 0.05) is 20.1 Å². The molecule has 1 saturated carbocycles. The maximum absolute atomic E-state index is 5.80. The molecule has 0 spiro atoms. The van der Waals surface area contributed by atoms with Crippen LogP contribution in [0.15, 0.2) is 0 Å². The van der Waals surface area contributed by atoms with E-state index in [0.29, 0.717) is 17.8 Å². The molecule has 1 rings (SSSR count). The third-order valence-electron chi connectivity index (χ3n) is 4.85. The molecule has 0 N–H and O–H groups in total. The largest absolute Gasteiger partial charge is 0.384 e. The molecule has 0 heterocycles. The lowest BCUT2D eigenvalue weighted by Gasteiger charge is -2.44. The Hall–Kier alpha value is -0.0800. The molecule has 0 radical (unpaired) electrons. The van der Waals surface area contributed by atoms with E-state index < -0.39 is 0 Å². The maximum atomic E-state index is 5.80. The average Bonchev–Trinajstić information content (AvgIpc) is 2.42. The number of rotatable bonds is 6. The Bertz CT molecular complexity index is 200. The highest BCUT2D eigenvalue weighted by molar-refractivity contribution is 4.91. The Kier molecular flexibility index (Phi) is 10.6. The Morgan fingerprint density at radius 3 is 1.30 bits per heavy atom. The van der Waals surface area contributed by atoms with Crippen molar-refractivity contribution in [3.8, 4) is 0 Å². The predicted octanol–water partition coefficient (Wildman–Crippen LogP) is 5.31. The molecule has 1 fully saturated rings. The van der Waals surface area contributed by atoms with Crippen LogP contribution in [0.1, 0.15) is 73.1 Å². The Morgan fingerprint density at radius 1 is 0.750 bits per heavy atom.